The van der Waals surface area contributed by atoms with Crippen LogP contribution in [0.15, 0.2) is 40.6 Å². The molecule has 1 aromatic rings. The summed E-state index contributed by atoms with van der Waals surface area (Å²) in [6.07, 6.45) is 1.33. The number of rotatable bonds is 2. The average molecular weight is 229 g/mol. The SMILES string of the molecule is C/C(=C\F)Cc1cccc(Br)c1. The third-order valence-corrected chi connectivity index (χ3v) is 2.05. The van der Waals surface area contributed by atoms with Crippen LogP contribution in [-0.4, -0.2) is 0 Å². The highest BCUT2D eigenvalue weighted by atomic mass is 79.9. The zero-order chi connectivity index (χ0) is 8.97. The lowest BCUT2D eigenvalue weighted by molar-refractivity contribution is 0.704. The summed E-state index contributed by atoms with van der Waals surface area (Å²) in [7, 11) is 0. The maximum Gasteiger partial charge on any atom is 0.0859 e. The topological polar surface area (TPSA) is 0 Å². The first-order valence-electron chi connectivity index (χ1n) is 3.72. The van der Waals surface area contributed by atoms with E-state index in [1.165, 1.54) is 0 Å². The number of hydrogen-bond acceptors (Lipinski definition) is 0. The molecule has 0 aromatic heterocycles. The lowest BCUT2D eigenvalue weighted by Crippen LogP contribution is -1.85. The molecule has 0 aliphatic heterocycles. The molecule has 64 valence electrons. The fourth-order valence-electron chi connectivity index (χ4n) is 1.01. The second kappa shape index (κ2) is 4.41. The van der Waals surface area contributed by atoms with E-state index in [0.717, 1.165) is 15.6 Å². The second-order valence-corrected chi connectivity index (χ2v) is 3.68. The van der Waals surface area contributed by atoms with E-state index < -0.39 is 0 Å². The molecule has 1 aromatic carbocycles. The van der Waals surface area contributed by atoms with Crippen LogP contribution in [0.2, 0.25) is 0 Å². The zero-order valence-electron chi connectivity index (χ0n) is 6.85. The predicted octanol–water partition coefficient (Wildman–Crippen LogP) is 3.86. The Labute approximate surface area is 80.2 Å². The molecule has 0 N–H and O–H groups in total. The van der Waals surface area contributed by atoms with Crippen molar-refractivity contribution in [3.63, 3.8) is 0 Å². The molecule has 0 amide bonds. The lowest BCUT2D eigenvalue weighted by atomic mass is 10.1. The van der Waals surface area contributed by atoms with Gasteiger partial charge in [0.2, 0.25) is 0 Å². The van der Waals surface area contributed by atoms with Crippen LogP contribution in [-0.2, 0) is 6.42 Å². The van der Waals surface area contributed by atoms with Gasteiger partial charge in [-0.15, -0.1) is 0 Å². The Morgan fingerprint density at radius 2 is 2.33 bits per heavy atom. The summed E-state index contributed by atoms with van der Waals surface area (Å²) in [6.45, 7) is 1.78. The molecule has 0 spiro atoms. The monoisotopic (exact) mass is 228 g/mol. The number of allylic oxidation sites excluding steroid dienone is 1. The van der Waals surface area contributed by atoms with Crippen LogP contribution in [0.3, 0.4) is 0 Å². The molecule has 0 heterocycles. The molecule has 0 aliphatic carbocycles. The van der Waals surface area contributed by atoms with Crippen molar-refractivity contribution in [2.45, 2.75) is 13.3 Å². The summed E-state index contributed by atoms with van der Waals surface area (Å²) in [6, 6.07) is 7.88. The Morgan fingerprint density at radius 1 is 1.58 bits per heavy atom. The van der Waals surface area contributed by atoms with Crippen molar-refractivity contribution < 1.29 is 4.39 Å². The van der Waals surface area contributed by atoms with E-state index in [2.05, 4.69) is 15.9 Å². The van der Waals surface area contributed by atoms with Gasteiger partial charge in [0.15, 0.2) is 0 Å². The van der Waals surface area contributed by atoms with Gasteiger partial charge in [-0.3, -0.25) is 0 Å². The highest BCUT2D eigenvalue weighted by Gasteiger charge is 1.94. The highest BCUT2D eigenvalue weighted by Crippen LogP contribution is 2.14. The molecule has 2 heteroatoms. The zero-order valence-corrected chi connectivity index (χ0v) is 8.44. The van der Waals surface area contributed by atoms with Gasteiger partial charge in [-0.25, -0.2) is 4.39 Å². The summed E-state index contributed by atoms with van der Waals surface area (Å²) in [5.74, 6) is 0. The van der Waals surface area contributed by atoms with Crippen molar-refractivity contribution in [2.75, 3.05) is 0 Å². The van der Waals surface area contributed by atoms with Gasteiger partial charge >= 0.3 is 0 Å². The Bertz CT molecular complexity index is 292. The van der Waals surface area contributed by atoms with Gasteiger partial charge in [0.1, 0.15) is 0 Å². The quantitative estimate of drug-likeness (QED) is 0.722. The van der Waals surface area contributed by atoms with Gasteiger partial charge in [-0.2, -0.15) is 0 Å². The molecular formula is C10H10BrF. The van der Waals surface area contributed by atoms with Crippen LogP contribution in [0.5, 0.6) is 0 Å². The van der Waals surface area contributed by atoms with Gasteiger partial charge in [0.05, 0.1) is 6.33 Å². The molecule has 0 bridgehead atoms. The highest BCUT2D eigenvalue weighted by molar-refractivity contribution is 9.10. The summed E-state index contributed by atoms with van der Waals surface area (Å²) in [4.78, 5) is 0. The molecule has 0 fully saturated rings. The average Bonchev–Trinajstić information content (AvgIpc) is 2.04. The molecule has 0 atom stereocenters. The summed E-state index contributed by atoms with van der Waals surface area (Å²) in [5.41, 5.74) is 1.86. The standard InChI is InChI=1S/C10H10BrF/c1-8(7-12)5-9-3-2-4-10(11)6-9/h2-4,6-7H,5H2,1H3/b8-7+. The van der Waals surface area contributed by atoms with Crippen LogP contribution >= 0.6 is 15.9 Å². The smallest absolute Gasteiger partial charge is 0.0859 e. The molecule has 12 heavy (non-hydrogen) atoms. The number of hydrogen-bond donors (Lipinski definition) is 0. The molecule has 0 saturated heterocycles. The van der Waals surface area contributed by atoms with Crippen molar-refractivity contribution in [1.29, 1.82) is 0 Å². The van der Waals surface area contributed by atoms with E-state index >= 15 is 0 Å². The van der Waals surface area contributed by atoms with Crippen molar-refractivity contribution in [3.8, 4) is 0 Å². The first-order chi connectivity index (χ1) is 5.72. The fourth-order valence-corrected chi connectivity index (χ4v) is 1.45. The second-order valence-electron chi connectivity index (χ2n) is 2.76. The third-order valence-electron chi connectivity index (χ3n) is 1.56. The Hall–Kier alpha value is -0.630. The van der Waals surface area contributed by atoms with E-state index in [-0.39, 0.29) is 0 Å². The van der Waals surface area contributed by atoms with Crippen molar-refractivity contribution in [3.05, 3.63) is 46.2 Å². The normalized spacial score (nSPS) is 11.8. The minimum atomic E-state index is 0.654. The minimum Gasteiger partial charge on any atom is -0.216 e. The van der Waals surface area contributed by atoms with Crippen LogP contribution in [0.25, 0.3) is 0 Å². The van der Waals surface area contributed by atoms with E-state index in [1.807, 2.05) is 24.3 Å². The lowest BCUT2D eigenvalue weighted by Gasteiger charge is -2.00. The Kier molecular flexibility index (Phi) is 3.48. The first kappa shape index (κ1) is 9.46. The molecule has 0 nitrogen and oxygen atoms in total. The maximum absolute atomic E-state index is 12.0. The van der Waals surface area contributed by atoms with E-state index in [0.29, 0.717) is 12.8 Å². The maximum atomic E-state index is 12.0. The van der Waals surface area contributed by atoms with Gasteiger partial charge in [0.25, 0.3) is 0 Å². The number of halogens is 2. The molecule has 1 rings (SSSR count). The largest absolute Gasteiger partial charge is 0.216 e. The van der Waals surface area contributed by atoms with Crippen LogP contribution < -0.4 is 0 Å². The Morgan fingerprint density at radius 3 is 2.92 bits per heavy atom. The first-order valence-corrected chi connectivity index (χ1v) is 4.52. The molecular weight excluding hydrogens is 219 g/mol. The minimum absolute atomic E-state index is 0.654. The van der Waals surface area contributed by atoms with E-state index in [4.69, 9.17) is 0 Å². The van der Waals surface area contributed by atoms with E-state index in [1.54, 1.807) is 6.92 Å². The summed E-state index contributed by atoms with van der Waals surface area (Å²) in [5, 5.41) is 0. The third kappa shape index (κ3) is 2.78. The van der Waals surface area contributed by atoms with Gasteiger partial charge in [0, 0.05) is 4.47 Å². The molecule has 0 saturated carbocycles. The Balaban J connectivity index is 2.76. The van der Waals surface area contributed by atoms with Gasteiger partial charge in [-0.1, -0.05) is 28.1 Å². The molecule has 0 unspecified atom stereocenters. The van der Waals surface area contributed by atoms with Crippen molar-refractivity contribution in [1.82, 2.24) is 0 Å². The molecule has 0 aliphatic rings. The summed E-state index contributed by atoms with van der Waals surface area (Å²) >= 11 is 3.36. The van der Waals surface area contributed by atoms with Crippen molar-refractivity contribution >= 4 is 15.9 Å². The van der Waals surface area contributed by atoms with Gasteiger partial charge < -0.3 is 0 Å². The summed E-state index contributed by atoms with van der Waals surface area (Å²) < 4.78 is 13.0. The van der Waals surface area contributed by atoms with Crippen LogP contribution in [0.1, 0.15) is 12.5 Å². The predicted molar refractivity (Wildman–Crippen MR) is 52.7 cm³/mol. The van der Waals surface area contributed by atoms with Crippen molar-refractivity contribution in [2.24, 2.45) is 0 Å². The number of benzene rings is 1. The van der Waals surface area contributed by atoms with E-state index in [9.17, 15) is 4.39 Å². The van der Waals surface area contributed by atoms with Gasteiger partial charge in [-0.05, 0) is 36.6 Å². The molecule has 0 radical (unpaired) electrons. The van der Waals surface area contributed by atoms with Crippen LogP contribution in [0.4, 0.5) is 4.39 Å². The fraction of sp³-hybridized carbons (Fsp3) is 0.200. The van der Waals surface area contributed by atoms with Crippen LogP contribution in [0, 0.1) is 0 Å².